The van der Waals surface area contributed by atoms with Gasteiger partial charge in [0.15, 0.2) is 6.23 Å². The highest BCUT2D eigenvalue weighted by Crippen LogP contribution is 2.42. The molecule has 1 saturated heterocycles. The largest absolute Gasteiger partial charge is 0.481 e. The van der Waals surface area contributed by atoms with Crippen molar-refractivity contribution in [1.29, 1.82) is 0 Å². The lowest BCUT2D eigenvalue weighted by atomic mass is 9.79. The molecule has 0 aliphatic carbocycles. The molecular weight excluding hydrogens is 568 g/mol. The minimum Gasteiger partial charge on any atom is -0.481 e. The van der Waals surface area contributed by atoms with Gasteiger partial charge in [-0.15, -0.1) is 0 Å². The van der Waals surface area contributed by atoms with Crippen LogP contribution in [0.4, 0.5) is 4.39 Å². The normalized spacial score (nSPS) is 17.5. The van der Waals surface area contributed by atoms with Crippen molar-refractivity contribution in [2.75, 3.05) is 20.3 Å². The van der Waals surface area contributed by atoms with Crippen molar-refractivity contribution in [3.05, 3.63) is 104 Å². The van der Waals surface area contributed by atoms with Crippen molar-refractivity contribution in [2.24, 2.45) is 5.92 Å². The molecule has 6 nitrogen and oxygen atoms in total. The number of halogens is 3. The first kappa shape index (κ1) is 31.0. The number of nitrogens with zero attached hydrogens (tertiary/aromatic N) is 1. The fraction of sp³-hybridized carbons (Fsp3) is 0.375. The molecule has 0 radical (unpaired) electrons. The van der Waals surface area contributed by atoms with Crippen LogP contribution in [0.1, 0.15) is 70.9 Å². The van der Waals surface area contributed by atoms with Crippen molar-refractivity contribution in [3.63, 3.8) is 0 Å². The number of carbonyl (C=O) groups is 2. The first-order chi connectivity index (χ1) is 19.7. The Kier molecular flexibility index (Phi) is 10.8. The maximum absolute atomic E-state index is 15.5. The Morgan fingerprint density at radius 1 is 1.07 bits per heavy atom. The Bertz CT molecular complexity index is 1360. The van der Waals surface area contributed by atoms with Gasteiger partial charge >= 0.3 is 5.97 Å². The molecule has 0 bridgehead atoms. The van der Waals surface area contributed by atoms with Gasteiger partial charge in [-0.1, -0.05) is 54.4 Å². The van der Waals surface area contributed by atoms with Crippen LogP contribution in [-0.4, -0.2) is 42.2 Å². The highest BCUT2D eigenvalue weighted by Gasteiger charge is 2.40. The van der Waals surface area contributed by atoms with Gasteiger partial charge in [0.2, 0.25) is 0 Å². The summed E-state index contributed by atoms with van der Waals surface area (Å²) in [6.07, 6.45) is 1.55. The second kappa shape index (κ2) is 14.3. The zero-order chi connectivity index (χ0) is 29.5. The zero-order valence-corrected chi connectivity index (χ0v) is 24.6. The summed E-state index contributed by atoms with van der Waals surface area (Å²) >= 11 is 11.6. The number of ether oxygens (including phenoxy) is 2. The van der Waals surface area contributed by atoms with E-state index in [9.17, 15) is 14.7 Å². The van der Waals surface area contributed by atoms with E-state index in [1.54, 1.807) is 24.3 Å². The number of hydrogen-bond donors (Lipinski definition) is 1. The van der Waals surface area contributed by atoms with E-state index in [1.807, 2.05) is 36.4 Å². The topological polar surface area (TPSA) is 76.1 Å². The van der Waals surface area contributed by atoms with E-state index in [1.165, 1.54) is 12.0 Å². The SMILES string of the molecule is CCC(c1cc(F)c2c(c1)C(=O)N(Cc1ccc(Cl)cc1CC(=O)O)C2OC)C1CCOCC1.Clc1ccccc1. The van der Waals surface area contributed by atoms with E-state index in [0.29, 0.717) is 40.8 Å². The van der Waals surface area contributed by atoms with Gasteiger partial charge in [-0.25, -0.2) is 4.39 Å². The lowest BCUT2D eigenvalue weighted by Crippen LogP contribution is -2.29. The molecule has 218 valence electrons. The Balaban J connectivity index is 0.000000483. The van der Waals surface area contributed by atoms with Crippen LogP contribution in [0.25, 0.3) is 0 Å². The van der Waals surface area contributed by atoms with Crippen molar-refractivity contribution >= 4 is 35.1 Å². The Morgan fingerprint density at radius 2 is 1.78 bits per heavy atom. The van der Waals surface area contributed by atoms with Crippen LogP contribution in [0.2, 0.25) is 10.0 Å². The van der Waals surface area contributed by atoms with E-state index in [2.05, 4.69) is 6.92 Å². The predicted octanol–water partition coefficient (Wildman–Crippen LogP) is 7.67. The van der Waals surface area contributed by atoms with E-state index in [-0.39, 0.29) is 30.4 Å². The number of carboxylic acids is 1. The number of amides is 1. The molecule has 0 saturated carbocycles. The highest BCUT2D eigenvalue weighted by atomic mass is 35.5. The second-order valence-corrected chi connectivity index (χ2v) is 11.1. The van der Waals surface area contributed by atoms with Crippen LogP contribution in [0.3, 0.4) is 0 Å². The number of methoxy groups -OCH3 is 1. The first-order valence-electron chi connectivity index (χ1n) is 13.7. The molecule has 1 amide bonds. The standard InChI is InChI=1S/C26H29ClFNO5.C6H5Cl/c1-3-20(15-6-8-34-9-7-15)18-11-21-24(22(28)12-18)26(33-2)29(25(21)32)14-16-4-5-19(27)10-17(16)13-23(30)31;7-6-4-2-1-3-5-6/h4-5,10-12,15,20,26H,3,6-9,13-14H2,1-2H3,(H,30,31);1-5H. The predicted molar refractivity (Wildman–Crippen MR) is 157 cm³/mol. The fourth-order valence-corrected chi connectivity index (χ4v) is 6.07. The van der Waals surface area contributed by atoms with E-state index >= 15 is 4.39 Å². The van der Waals surface area contributed by atoms with Gasteiger partial charge in [-0.3, -0.25) is 9.59 Å². The highest BCUT2D eigenvalue weighted by molar-refractivity contribution is 6.30. The van der Waals surface area contributed by atoms with Crippen LogP contribution in [0.15, 0.2) is 60.7 Å². The Labute approximate surface area is 250 Å². The lowest BCUT2D eigenvalue weighted by Gasteiger charge is -2.30. The Hall–Kier alpha value is -2.97. The van der Waals surface area contributed by atoms with Crippen molar-refractivity contribution in [3.8, 4) is 0 Å². The van der Waals surface area contributed by atoms with Gasteiger partial charge < -0.3 is 19.5 Å². The summed E-state index contributed by atoms with van der Waals surface area (Å²) in [5, 5.41) is 10.5. The molecule has 9 heteroatoms. The number of hydrogen-bond acceptors (Lipinski definition) is 4. The summed E-state index contributed by atoms with van der Waals surface area (Å²) in [6.45, 7) is 3.57. The van der Waals surface area contributed by atoms with Gasteiger partial charge in [0.25, 0.3) is 5.91 Å². The molecule has 2 atom stereocenters. The van der Waals surface area contributed by atoms with Crippen LogP contribution in [-0.2, 0) is 27.2 Å². The molecule has 41 heavy (non-hydrogen) atoms. The third kappa shape index (κ3) is 7.46. The van der Waals surface area contributed by atoms with Crippen LogP contribution in [0.5, 0.6) is 0 Å². The lowest BCUT2D eigenvalue weighted by molar-refractivity contribution is -0.136. The number of carbonyl (C=O) groups excluding carboxylic acids is 1. The van der Waals surface area contributed by atoms with E-state index < -0.39 is 18.0 Å². The molecule has 3 aromatic carbocycles. The number of aliphatic carboxylic acids is 1. The molecule has 1 N–H and O–H groups in total. The molecule has 2 unspecified atom stereocenters. The molecule has 2 aliphatic rings. The summed E-state index contributed by atoms with van der Waals surface area (Å²) in [5.74, 6) is -1.26. The molecule has 2 aliphatic heterocycles. The molecule has 3 aromatic rings. The number of fused-ring (bicyclic) bond motifs is 1. The summed E-state index contributed by atoms with van der Waals surface area (Å²) in [7, 11) is 1.43. The average Bonchev–Trinajstić information content (AvgIpc) is 3.22. The van der Waals surface area contributed by atoms with E-state index in [0.717, 1.165) is 29.8 Å². The van der Waals surface area contributed by atoms with Gasteiger partial charge in [0, 0.05) is 42.5 Å². The molecule has 0 aromatic heterocycles. The zero-order valence-electron chi connectivity index (χ0n) is 23.1. The van der Waals surface area contributed by atoms with Gasteiger partial charge in [0.1, 0.15) is 5.82 Å². The van der Waals surface area contributed by atoms with Crippen molar-refractivity contribution in [1.82, 2.24) is 4.90 Å². The second-order valence-electron chi connectivity index (χ2n) is 10.2. The maximum atomic E-state index is 15.5. The smallest absolute Gasteiger partial charge is 0.307 e. The number of benzene rings is 3. The average molecular weight is 603 g/mol. The van der Waals surface area contributed by atoms with E-state index in [4.69, 9.17) is 32.7 Å². The van der Waals surface area contributed by atoms with Gasteiger partial charge in [-0.2, -0.15) is 0 Å². The van der Waals surface area contributed by atoms with Crippen LogP contribution in [0, 0.1) is 11.7 Å². The molecule has 0 spiro atoms. The minimum absolute atomic E-state index is 0.0811. The van der Waals surface area contributed by atoms with Crippen LogP contribution >= 0.6 is 23.2 Å². The summed E-state index contributed by atoms with van der Waals surface area (Å²) in [4.78, 5) is 26.3. The van der Waals surface area contributed by atoms with Crippen molar-refractivity contribution in [2.45, 2.75) is 51.3 Å². The minimum atomic E-state index is -1.00. The quantitative estimate of drug-likeness (QED) is 0.287. The van der Waals surface area contributed by atoms with Crippen LogP contribution < -0.4 is 0 Å². The molecule has 5 rings (SSSR count). The Morgan fingerprint density at radius 3 is 2.37 bits per heavy atom. The monoisotopic (exact) mass is 601 g/mol. The number of rotatable bonds is 8. The van der Waals surface area contributed by atoms with Gasteiger partial charge in [-0.05, 0) is 84.2 Å². The summed E-state index contributed by atoms with van der Waals surface area (Å²) in [6, 6.07) is 17.7. The fourth-order valence-electron chi connectivity index (χ4n) is 5.73. The summed E-state index contributed by atoms with van der Waals surface area (Å²) < 4.78 is 26.5. The molecular formula is C32H34Cl2FNO5. The van der Waals surface area contributed by atoms with Gasteiger partial charge in [0.05, 0.1) is 12.0 Å². The molecule has 1 fully saturated rings. The third-order valence-electron chi connectivity index (χ3n) is 7.68. The molecule has 2 heterocycles. The number of carboxylic acid groups (broad SMARTS) is 1. The maximum Gasteiger partial charge on any atom is 0.307 e. The summed E-state index contributed by atoms with van der Waals surface area (Å²) in [5.41, 5.74) is 2.50. The van der Waals surface area contributed by atoms with Crippen molar-refractivity contribution < 1.29 is 28.6 Å². The third-order valence-corrected chi connectivity index (χ3v) is 8.17. The first-order valence-corrected chi connectivity index (χ1v) is 14.4.